The van der Waals surface area contributed by atoms with Gasteiger partial charge in [-0.3, -0.25) is 4.40 Å². The van der Waals surface area contributed by atoms with E-state index >= 15 is 0 Å². The summed E-state index contributed by atoms with van der Waals surface area (Å²) in [6, 6.07) is 66.7. The van der Waals surface area contributed by atoms with E-state index < -0.39 is 0 Å². The number of nitrogens with zero attached hydrogens (tertiary/aromatic N) is 5. The van der Waals surface area contributed by atoms with Crippen molar-refractivity contribution in [2.24, 2.45) is 0 Å². The van der Waals surface area contributed by atoms with Crippen LogP contribution in [0.15, 0.2) is 188 Å². The van der Waals surface area contributed by atoms with E-state index in [0.29, 0.717) is 17.5 Å². The van der Waals surface area contributed by atoms with Crippen molar-refractivity contribution in [3.8, 4) is 45.4 Å². The molecule has 4 heterocycles. The Morgan fingerprint density at radius 1 is 0.333 bits per heavy atom. The Hall–Kier alpha value is -7.80. The Morgan fingerprint density at radius 3 is 1.68 bits per heavy atom. The molecule has 4 aromatic heterocycles. The van der Waals surface area contributed by atoms with Gasteiger partial charge in [0.15, 0.2) is 23.1 Å². The highest BCUT2D eigenvalue weighted by Gasteiger charge is 2.21. The number of fused-ring (bicyclic) bond motifs is 14. The average Bonchev–Trinajstić information content (AvgIpc) is 3.91. The van der Waals surface area contributed by atoms with Gasteiger partial charge in [0.1, 0.15) is 0 Å². The number of pyridine rings is 1. The first-order valence-electron chi connectivity index (χ1n) is 20.1. The zero-order valence-corrected chi connectivity index (χ0v) is 32.9. The third-order valence-corrected chi connectivity index (χ3v) is 13.3. The predicted molar refractivity (Wildman–Crippen MR) is 251 cm³/mol. The topological polar surface area (TPSA) is 56.0 Å². The third kappa shape index (κ3) is 5.04. The standard InChI is InChI=1S/C54H31N5S/c1-2-13-36(14-3-1)51-56-52(58-53(57-51)39-23-18-32-10-4-5-15-38(32)30-39)37-21-19-35(20-22-37)47-31-45-44-27-25-34-12-7-9-17-41(34)49(44)60-50(45)54-55-48-43-26-24-33-11-6-8-16-40(33)42(43)28-29-46(48)59(47)54/h1-31H. The lowest BCUT2D eigenvalue weighted by atomic mass is 10.0. The molecule has 0 N–H and O–H groups in total. The maximum Gasteiger partial charge on any atom is 0.164 e. The first-order valence-corrected chi connectivity index (χ1v) is 20.9. The van der Waals surface area contributed by atoms with Crippen molar-refractivity contribution < 1.29 is 0 Å². The normalized spacial score (nSPS) is 12.0. The average molecular weight is 782 g/mol. The number of rotatable bonds is 4. The quantitative estimate of drug-likeness (QED) is 0.167. The molecule has 13 rings (SSSR count). The molecular formula is C54H31N5S. The van der Waals surface area contributed by atoms with Crippen molar-refractivity contribution in [3.05, 3.63) is 188 Å². The molecule has 5 nitrogen and oxygen atoms in total. The Kier molecular flexibility index (Phi) is 7.11. The second-order valence-corrected chi connectivity index (χ2v) is 16.5. The minimum Gasteiger partial charge on any atom is -0.291 e. The van der Waals surface area contributed by atoms with Crippen LogP contribution in [-0.2, 0) is 0 Å². The number of hydrogen-bond donors (Lipinski definition) is 0. The van der Waals surface area contributed by atoms with Crippen LogP contribution in [0.25, 0.3) is 125 Å². The minimum absolute atomic E-state index is 0.627. The minimum atomic E-state index is 0.627. The maximum absolute atomic E-state index is 5.55. The molecule has 0 atom stereocenters. The molecule has 0 bridgehead atoms. The van der Waals surface area contributed by atoms with Crippen molar-refractivity contribution in [3.63, 3.8) is 0 Å². The van der Waals surface area contributed by atoms with E-state index in [2.05, 4.69) is 162 Å². The van der Waals surface area contributed by atoms with Crippen molar-refractivity contribution >= 4 is 91.3 Å². The van der Waals surface area contributed by atoms with Crippen LogP contribution in [0, 0.1) is 0 Å². The van der Waals surface area contributed by atoms with Crippen molar-refractivity contribution in [2.75, 3.05) is 0 Å². The second-order valence-electron chi connectivity index (χ2n) is 15.4. The Morgan fingerprint density at radius 2 is 0.900 bits per heavy atom. The summed E-state index contributed by atoms with van der Waals surface area (Å²) in [7, 11) is 0. The molecular weight excluding hydrogens is 751 g/mol. The predicted octanol–water partition coefficient (Wildman–Crippen LogP) is 14.3. The van der Waals surface area contributed by atoms with Crippen LogP contribution in [0.2, 0.25) is 0 Å². The molecule has 13 aromatic rings. The van der Waals surface area contributed by atoms with Gasteiger partial charge in [0.05, 0.1) is 21.4 Å². The summed E-state index contributed by atoms with van der Waals surface area (Å²) in [6.07, 6.45) is 0. The van der Waals surface area contributed by atoms with E-state index in [4.69, 9.17) is 19.9 Å². The summed E-state index contributed by atoms with van der Waals surface area (Å²) in [5.41, 5.74) is 8.03. The van der Waals surface area contributed by atoms with Crippen LogP contribution in [0.1, 0.15) is 0 Å². The van der Waals surface area contributed by atoms with E-state index in [1.807, 2.05) is 41.7 Å². The SMILES string of the molecule is c1ccc(-c2nc(-c3ccc(-c4cc5c6ccc7ccccc7c6sc5c5nc6c7ccc8ccccc8c7ccc6n45)cc3)nc(-c3ccc4ccccc4c3)n2)cc1. The summed E-state index contributed by atoms with van der Waals surface area (Å²) in [6.45, 7) is 0. The summed E-state index contributed by atoms with van der Waals surface area (Å²) in [5, 5.41) is 12.1. The van der Waals surface area contributed by atoms with Gasteiger partial charge in [0, 0.05) is 37.5 Å². The fraction of sp³-hybridized carbons (Fsp3) is 0. The highest BCUT2D eigenvalue weighted by molar-refractivity contribution is 7.27. The van der Waals surface area contributed by atoms with Gasteiger partial charge in [-0.15, -0.1) is 11.3 Å². The highest BCUT2D eigenvalue weighted by Crippen LogP contribution is 2.44. The molecule has 0 radical (unpaired) electrons. The maximum atomic E-state index is 5.55. The lowest BCUT2D eigenvalue weighted by Gasteiger charge is -2.11. The van der Waals surface area contributed by atoms with Crippen molar-refractivity contribution in [1.82, 2.24) is 24.3 Å². The van der Waals surface area contributed by atoms with Gasteiger partial charge < -0.3 is 0 Å². The fourth-order valence-electron chi connectivity index (χ4n) is 9.06. The molecule has 0 aliphatic heterocycles. The summed E-state index contributed by atoms with van der Waals surface area (Å²) < 4.78 is 4.84. The summed E-state index contributed by atoms with van der Waals surface area (Å²) in [5.74, 6) is 1.91. The molecule has 0 aliphatic rings. The largest absolute Gasteiger partial charge is 0.291 e. The number of benzene rings is 9. The van der Waals surface area contributed by atoms with Gasteiger partial charge in [-0.2, -0.15) is 0 Å². The van der Waals surface area contributed by atoms with E-state index in [-0.39, 0.29) is 0 Å². The summed E-state index contributed by atoms with van der Waals surface area (Å²) >= 11 is 1.84. The molecule has 0 unspecified atom stereocenters. The Labute approximate surface area is 347 Å². The fourth-order valence-corrected chi connectivity index (χ4v) is 10.4. The van der Waals surface area contributed by atoms with Crippen LogP contribution >= 0.6 is 11.3 Å². The zero-order valence-electron chi connectivity index (χ0n) is 32.0. The molecule has 60 heavy (non-hydrogen) atoms. The van der Waals surface area contributed by atoms with Crippen molar-refractivity contribution in [2.45, 2.75) is 0 Å². The van der Waals surface area contributed by atoms with E-state index in [9.17, 15) is 0 Å². The molecule has 0 spiro atoms. The summed E-state index contributed by atoms with van der Waals surface area (Å²) in [4.78, 5) is 20.7. The number of aromatic nitrogens is 5. The van der Waals surface area contributed by atoms with Crippen LogP contribution in [0.5, 0.6) is 0 Å². The molecule has 9 aromatic carbocycles. The monoisotopic (exact) mass is 781 g/mol. The molecule has 6 heteroatoms. The van der Waals surface area contributed by atoms with Gasteiger partial charge in [-0.05, 0) is 61.5 Å². The lowest BCUT2D eigenvalue weighted by molar-refractivity contribution is 1.07. The van der Waals surface area contributed by atoms with Gasteiger partial charge in [0.2, 0.25) is 0 Å². The van der Waals surface area contributed by atoms with Crippen LogP contribution in [-0.4, -0.2) is 24.3 Å². The third-order valence-electron chi connectivity index (χ3n) is 12.0. The molecule has 0 amide bonds. The number of thiophene rings is 1. The van der Waals surface area contributed by atoms with E-state index in [1.165, 1.54) is 52.5 Å². The smallest absolute Gasteiger partial charge is 0.164 e. The lowest BCUT2D eigenvalue weighted by Crippen LogP contribution is -2.00. The van der Waals surface area contributed by atoms with Crippen LogP contribution < -0.4 is 0 Å². The number of hydrogen-bond acceptors (Lipinski definition) is 5. The first-order chi connectivity index (χ1) is 29.7. The Balaban J connectivity index is 1.03. The van der Waals surface area contributed by atoms with Crippen LogP contribution in [0.3, 0.4) is 0 Å². The van der Waals surface area contributed by atoms with E-state index in [1.54, 1.807) is 0 Å². The highest BCUT2D eigenvalue weighted by atomic mass is 32.1. The van der Waals surface area contributed by atoms with E-state index in [0.717, 1.165) is 55.4 Å². The molecule has 0 fully saturated rings. The zero-order chi connectivity index (χ0) is 39.3. The molecule has 0 aliphatic carbocycles. The molecule has 0 saturated heterocycles. The second kappa shape index (κ2) is 12.9. The van der Waals surface area contributed by atoms with Gasteiger partial charge >= 0.3 is 0 Å². The Bertz CT molecular complexity index is 3890. The van der Waals surface area contributed by atoms with Gasteiger partial charge in [0.25, 0.3) is 0 Å². The first kappa shape index (κ1) is 33.2. The molecule has 0 saturated carbocycles. The van der Waals surface area contributed by atoms with Crippen LogP contribution in [0.4, 0.5) is 0 Å². The van der Waals surface area contributed by atoms with Gasteiger partial charge in [-0.1, -0.05) is 170 Å². The number of imidazole rings is 1. The molecule has 278 valence electrons. The van der Waals surface area contributed by atoms with Crippen molar-refractivity contribution in [1.29, 1.82) is 0 Å². The van der Waals surface area contributed by atoms with Gasteiger partial charge in [-0.25, -0.2) is 19.9 Å².